The van der Waals surface area contributed by atoms with Crippen molar-refractivity contribution in [2.75, 3.05) is 13.1 Å². The molecule has 1 unspecified atom stereocenters. The Morgan fingerprint density at radius 2 is 1.85 bits per heavy atom. The maximum Gasteiger partial charge on any atom is 0.185 e. The second kappa shape index (κ2) is 7.39. The summed E-state index contributed by atoms with van der Waals surface area (Å²) in [4.78, 5) is 2.41. The van der Waals surface area contributed by atoms with Crippen molar-refractivity contribution >= 4 is 7.98 Å². The molecule has 2 N–H and O–H groups in total. The molecule has 0 rings (SSSR count). The first-order valence-corrected chi connectivity index (χ1v) is 5.48. The zero-order chi connectivity index (χ0) is 10.3. The molecule has 13 heavy (non-hydrogen) atoms. The Labute approximate surface area is 84.3 Å². The lowest BCUT2D eigenvalue weighted by molar-refractivity contribution is 0.319. The molecule has 0 spiro atoms. The molecule has 0 aliphatic heterocycles. The first-order chi connectivity index (χ1) is 6.07. The van der Waals surface area contributed by atoms with E-state index in [4.69, 9.17) is 5.73 Å². The zero-order valence-electron chi connectivity index (χ0n) is 9.71. The van der Waals surface area contributed by atoms with E-state index in [1.54, 1.807) is 0 Å². The number of hydrogen-bond donors (Lipinski definition) is 1. The van der Waals surface area contributed by atoms with Crippen LogP contribution in [-0.4, -0.2) is 31.9 Å². The molecule has 0 amide bonds. The van der Waals surface area contributed by atoms with Gasteiger partial charge in [0.1, 0.15) is 0 Å². The summed E-state index contributed by atoms with van der Waals surface area (Å²) in [6.45, 7) is 8.81. The molecule has 0 fully saturated rings. The number of nitrogens with two attached hydrogens (primary N) is 1. The smallest absolute Gasteiger partial charge is 0.185 e. The third kappa shape index (κ3) is 7.09. The van der Waals surface area contributed by atoms with Crippen molar-refractivity contribution in [3.63, 3.8) is 0 Å². The van der Waals surface area contributed by atoms with Crippen molar-refractivity contribution in [2.24, 2.45) is 11.7 Å². The van der Waals surface area contributed by atoms with E-state index in [1.807, 2.05) is 0 Å². The second-order valence-corrected chi connectivity index (χ2v) is 4.44. The van der Waals surface area contributed by atoms with E-state index in [0.717, 1.165) is 25.4 Å². The Morgan fingerprint density at radius 3 is 2.31 bits per heavy atom. The lowest BCUT2D eigenvalue weighted by Gasteiger charge is -2.25. The fourth-order valence-corrected chi connectivity index (χ4v) is 1.36. The summed E-state index contributed by atoms with van der Waals surface area (Å²) in [6.07, 6.45) is 3.75. The highest BCUT2D eigenvalue weighted by molar-refractivity contribution is 6.04. The van der Waals surface area contributed by atoms with Crippen molar-refractivity contribution < 1.29 is 0 Å². The lowest BCUT2D eigenvalue weighted by Crippen LogP contribution is -2.32. The average Bonchev–Trinajstić information content (AvgIpc) is 2.10. The van der Waals surface area contributed by atoms with Crippen LogP contribution >= 0.6 is 0 Å². The largest absolute Gasteiger partial charge is 0.346 e. The molecular weight excluding hydrogens is 159 g/mol. The zero-order valence-corrected chi connectivity index (χ0v) is 9.71. The van der Waals surface area contributed by atoms with E-state index in [9.17, 15) is 0 Å². The van der Waals surface area contributed by atoms with Crippen LogP contribution in [0.4, 0.5) is 0 Å². The number of rotatable bonds is 7. The highest BCUT2D eigenvalue weighted by Gasteiger charge is 2.08. The van der Waals surface area contributed by atoms with Crippen LogP contribution in [0.1, 0.15) is 40.0 Å². The van der Waals surface area contributed by atoms with E-state index in [0.29, 0.717) is 6.04 Å². The van der Waals surface area contributed by atoms with Gasteiger partial charge in [0, 0.05) is 0 Å². The summed E-state index contributed by atoms with van der Waals surface area (Å²) in [5.74, 6) is 0.824. The Morgan fingerprint density at radius 1 is 1.23 bits per heavy atom. The van der Waals surface area contributed by atoms with Gasteiger partial charge in [0.15, 0.2) is 7.98 Å². The van der Waals surface area contributed by atoms with Gasteiger partial charge in [-0.15, -0.1) is 0 Å². The maximum absolute atomic E-state index is 5.47. The number of nitrogens with zero attached hydrogens (tertiary/aromatic N) is 1. The molecule has 0 aliphatic carbocycles. The van der Waals surface area contributed by atoms with Crippen LogP contribution in [0.15, 0.2) is 0 Å². The van der Waals surface area contributed by atoms with Gasteiger partial charge in [-0.2, -0.15) is 0 Å². The van der Waals surface area contributed by atoms with Crippen molar-refractivity contribution in [3.8, 4) is 0 Å². The molecule has 0 aliphatic rings. The van der Waals surface area contributed by atoms with Crippen molar-refractivity contribution in [2.45, 2.75) is 46.1 Å². The molecule has 0 saturated carbocycles. The van der Waals surface area contributed by atoms with Crippen LogP contribution in [0, 0.1) is 5.92 Å². The number of hydrogen-bond acceptors (Lipinski definition) is 2. The molecule has 78 valence electrons. The fraction of sp³-hybridized carbons (Fsp3) is 1.00. The predicted molar refractivity (Wildman–Crippen MR) is 62.5 cm³/mol. The van der Waals surface area contributed by atoms with Gasteiger partial charge in [0.25, 0.3) is 0 Å². The van der Waals surface area contributed by atoms with Crippen LogP contribution in [0.3, 0.4) is 0 Å². The Bertz CT molecular complexity index is 117. The molecule has 0 heterocycles. The van der Waals surface area contributed by atoms with Crippen molar-refractivity contribution in [1.82, 2.24) is 4.81 Å². The molecule has 0 aromatic heterocycles. The van der Waals surface area contributed by atoms with Crippen LogP contribution in [-0.2, 0) is 0 Å². The molecule has 0 aromatic rings. The van der Waals surface area contributed by atoms with Crippen LogP contribution in [0.5, 0.6) is 0 Å². The van der Waals surface area contributed by atoms with Gasteiger partial charge in [0.05, 0.1) is 0 Å². The molecule has 0 aromatic carbocycles. The van der Waals surface area contributed by atoms with E-state index < -0.39 is 0 Å². The summed E-state index contributed by atoms with van der Waals surface area (Å²) in [5.41, 5.74) is 5.47. The molecular formula is C10H25BN2. The van der Waals surface area contributed by atoms with E-state index in [2.05, 4.69) is 33.6 Å². The minimum atomic E-state index is 0.703. The third-order valence-electron chi connectivity index (χ3n) is 2.63. The van der Waals surface area contributed by atoms with Gasteiger partial charge in [0.2, 0.25) is 0 Å². The summed E-state index contributed by atoms with van der Waals surface area (Å²) in [6, 6.07) is 0.703. The van der Waals surface area contributed by atoms with Crippen molar-refractivity contribution in [1.29, 1.82) is 0 Å². The van der Waals surface area contributed by atoms with Crippen LogP contribution < -0.4 is 5.73 Å². The minimum Gasteiger partial charge on any atom is -0.346 e. The van der Waals surface area contributed by atoms with Gasteiger partial charge < -0.3 is 10.5 Å². The van der Waals surface area contributed by atoms with E-state index in [1.165, 1.54) is 12.8 Å². The highest BCUT2D eigenvalue weighted by atomic mass is 15.1. The molecule has 0 radical (unpaired) electrons. The third-order valence-corrected chi connectivity index (χ3v) is 2.63. The molecule has 3 heteroatoms. The van der Waals surface area contributed by atoms with Gasteiger partial charge in [-0.05, 0) is 44.3 Å². The molecule has 1 atom stereocenters. The monoisotopic (exact) mass is 184 g/mol. The predicted octanol–water partition coefficient (Wildman–Crippen LogP) is 1.01. The fourth-order valence-electron chi connectivity index (χ4n) is 1.36. The first-order valence-electron chi connectivity index (χ1n) is 5.48. The average molecular weight is 184 g/mol. The summed E-state index contributed by atoms with van der Waals surface area (Å²) in [7, 11) is 2.20. The first kappa shape index (κ1) is 13.0. The minimum absolute atomic E-state index is 0.703. The summed E-state index contributed by atoms with van der Waals surface area (Å²) < 4.78 is 0. The second-order valence-electron chi connectivity index (χ2n) is 4.44. The van der Waals surface area contributed by atoms with E-state index >= 15 is 0 Å². The summed E-state index contributed by atoms with van der Waals surface area (Å²) in [5, 5.41) is 0. The SMILES string of the molecule is BN(CCCN)C(C)CCC(C)C. The Hall–Kier alpha value is -0.0151. The van der Waals surface area contributed by atoms with Gasteiger partial charge >= 0.3 is 0 Å². The summed E-state index contributed by atoms with van der Waals surface area (Å²) >= 11 is 0. The topological polar surface area (TPSA) is 29.3 Å². The Balaban J connectivity index is 3.50. The van der Waals surface area contributed by atoms with Crippen molar-refractivity contribution in [3.05, 3.63) is 0 Å². The van der Waals surface area contributed by atoms with E-state index in [-0.39, 0.29) is 0 Å². The molecule has 2 nitrogen and oxygen atoms in total. The highest BCUT2D eigenvalue weighted by Crippen LogP contribution is 2.10. The maximum atomic E-state index is 5.47. The molecule has 0 bridgehead atoms. The van der Waals surface area contributed by atoms with Gasteiger partial charge in [-0.3, -0.25) is 0 Å². The van der Waals surface area contributed by atoms with Crippen LogP contribution in [0.2, 0.25) is 0 Å². The normalized spacial score (nSPS) is 14.0. The van der Waals surface area contributed by atoms with Gasteiger partial charge in [-0.1, -0.05) is 20.8 Å². The Kier molecular flexibility index (Phi) is 7.39. The standard InChI is InChI=1S/C10H25BN2/c1-9(2)5-6-10(3)13(11)8-4-7-12/h9-10H,4-8,11-12H2,1-3H3. The lowest BCUT2D eigenvalue weighted by atomic mass is 10.0. The quantitative estimate of drug-likeness (QED) is 0.598. The van der Waals surface area contributed by atoms with Crippen LogP contribution in [0.25, 0.3) is 0 Å². The van der Waals surface area contributed by atoms with Gasteiger partial charge in [-0.25, -0.2) is 0 Å². The molecule has 0 saturated heterocycles.